The number of hydrogen-bond donors (Lipinski definition) is 2. The first kappa shape index (κ1) is 30.7. The average Bonchev–Trinajstić information content (AvgIpc) is 3.30. The van der Waals surface area contributed by atoms with Crippen LogP contribution >= 0.6 is 12.6 Å². The van der Waals surface area contributed by atoms with Crippen LogP contribution < -0.4 is 5.32 Å². The van der Waals surface area contributed by atoms with E-state index in [0.29, 0.717) is 16.7 Å². The SMILES string of the molecule is CC(C)CCC[C@H](C)[C@H]1CC[C@H]2[C@@H]3CC=C4C[C@H](OC(=O)c5ccc(NC(=O)CS)cc5)CC[C@]4(C)[C@H]3CC[C@]12C. The molecular formula is C36H53NO3S. The second-order valence-electron chi connectivity index (χ2n) is 14.8. The van der Waals surface area contributed by atoms with Gasteiger partial charge >= 0.3 is 5.97 Å². The number of rotatable bonds is 9. The van der Waals surface area contributed by atoms with Crippen LogP contribution in [0.2, 0.25) is 0 Å². The second kappa shape index (κ2) is 12.5. The van der Waals surface area contributed by atoms with Gasteiger partial charge in [-0.05, 0) is 116 Å². The van der Waals surface area contributed by atoms with Gasteiger partial charge in [-0.2, -0.15) is 12.6 Å². The van der Waals surface area contributed by atoms with Crippen molar-refractivity contribution in [1.29, 1.82) is 0 Å². The summed E-state index contributed by atoms with van der Waals surface area (Å²) < 4.78 is 6.04. The molecule has 0 unspecified atom stereocenters. The van der Waals surface area contributed by atoms with Gasteiger partial charge in [-0.1, -0.05) is 65.5 Å². The summed E-state index contributed by atoms with van der Waals surface area (Å²) in [7, 11) is 0. The molecule has 3 fully saturated rings. The van der Waals surface area contributed by atoms with Gasteiger partial charge in [0.1, 0.15) is 6.10 Å². The number of hydrogen-bond acceptors (Lipinski definition) is 4. The van der Waals surface area contributed by atoms with Crippen molar-refractivity contribution >= 4 is 30.2 Å². The van der Waals surface area contributed by atoms with Crippen molar-refractivity contribution in [2.75, 3.05) is 11.1 Å². The van der Waals surface area contributed by atoms with Gasteiger partial charge in [0, 0.05) is 12.1 Å². The monoisotopic (exact) mass is 579 g/mol. The number of benzene rings is 1. The molecule has 0 heterocycles. The molecule has 1 aromatic rings. The quantitative estimate of drug-likeness (QED) is 0.174. The molecule has 5 rings (SSSR count). The Labute approximate surface area is 254 Å². The lowest BCUT2D eigenvalue weighted by Gasteiger charge is -2.58. The molecule has 1 N–H and O–H groups in total. The summed E-state index contributed by atoms with van der Waals surface area (Å²) in [5.41, 5.74) is 3.50. The fourth-order valence-corrected chi connectivity index (χ4v) is 9.94. The van der Waals surface area contributed by atoms with Crippen LogP contribution in [-0.2, 0) is 9.53 Å². The molecule has 41 heavy (non-hydrogen) atoms. The predicted molar refractivity (Wildman–Crippen MR) is 171 cm³/mol. The summed E-state index contributed by atoms with van der Waals surface area (Å²) in [4.78, 5) is 24.5. The Morgan fingerprint density at radius 2 is 1.76 bits per heavy atom. The molecule has 1 aromatic carbocycles. The summed E-state index contributed by atoms with van der Waals surface area (Å²) in [5, 5.41) is 2.76. The number of fused-ring (bicyclic) bond motifs is 5. The van der Waals surface area contributed by atoms with E-state index in [1.807, 2.05) is 0 Å². The van der Waals surface area contributed by atoms with Crippen molar-refractivity contribution in [2.24, 2.45) is 46.3 Å². The van der Waals surface area contributed by atoms with Crippen LogP contribution in [0.1, 0.15) is 116 Å². The molecule has 4 aliphatic carbocycles. The summed E-state index contributed by atoms with van der Waals surface area (Å²) in [6.07, 6.45) is 16.4. The molecule has 4 aliphatic rings. The van der Waals surface area contributed by atoms with Gasteiger partial charge in [-0.25, -0.2) is 4.79 Å². The molecule has 0 bridgehead atoms. The highest BCUT2D eigenvalue weighted by atomic mass is 32.1. The maximum atomic E-state index is 13.0. The molecular weight excluding hydrogens is 526 g/mol. The number of amides is 1. The maximum absolute atomic E-state index is 13.0. The zero-order chi connectivity index (χ0) is 29.4. The number of allylic oxidation sites excluding steroid dienone is 1. The number of esters is 1. The van der Waals surface area contributed by atoms with Gasteiger partial charge in [-0.3, -0.25) is 4.79 Å². The molecule has 8 atom stereocenters. The van der Waals surface area contributed by atoms with E-state index in [0.717, 1.165) is 54.8 Å². The summed E-state index contributed by atoms with van der Waals surface area (Å²) in [6, 6.07) is 6.95. The fraction of sp³-hybridized carbons (Fsp3) is 0.722. The molecule has 0 saturated heterocycles. The van der Waals surface area contributed by atoms with E-state index in [9.17, 15) is 9.59 Å². The van der Waals surface area contributed by atoms with E-state index in [1.165, 1.54) is 51.4 Å². The minimum atomic E-state index is -0.270. The molecule has 4 nitrogen and oxygen atoms in total. The van der Waals surface area contributed by atoms with E-state index in [2.05, 4.69) is 58.6 Å². The lowest BCUT2D eigenvalue weighted by atomic mass is 9.47. The third kappa shape index (κ3) is 6.17. The Bertz CT molecular complexity index is 1130. The van der Waals surface area contributed by atoms with Crippen molar-refractivity contribution in [2.45, 2.75) is 111 Å². The van der Waals surface area contributed by atoms with Crippen molar-refractivity contribution in [3.63, 3.8) is 0 Å². The lowest BCUT2D eigenvalue weighted by Crippen LogP contribution is -2.51. The average molecular weight is 580 g/mol. The van der Waals surface area contributed by atoms with Gasteiger partial charge < -0.3 is 10.1 Å². The molecule has 0 aliphatic heterocycles. The predicted octanol–water partition coefficient (Wildman–Crippen LogP) is 9.12. The van der Waals surface area contributed by atoms with E-state index < -0.39 is 0 Å². The van der Waals surface area contributed by atoms with Gasteiger partial charge in [0.2, 0.25) is 5.91 Å². The molecule has 0 radical (unpaired) electrons. The largest absolute Gasteiger partial charge is 0.458 e. The fourth-order valence-electron chi connectivity index (χ4n) is 9.86. The Morgan fingerprint density at radius 3 is 2.46 bits per heavy atom. The standard InChI is InChI=1S/C36H53NO3S/c1-23(2)7-6-8-24(3)30-15-16-31-29-14-11-26-21-28(17-19-35(26,4)32(29)18-20-36(30,31)5)40-34(39)25-9-12-27(13-10-25)37-33(38)22-41/h9-13,23-24,28-32,41H,6-8,14-22H2,1-5H3,(H,37,38)/t24-,28+,29-,30+,31-,32-,35-,36+/m0/s1. The highest BCUT2D eigenvalue weighted by molar-refractivity contribution is 7.81. The highest BCUT2D eigenvalue weighted by Gasteiger charge is 2.59. The first-order valence-corrected chi connectivity index (χ1v) is 17.1. The molecule has 0 spiro atoms. The van der Waals surface area contributed by atoms with E-state index in [-0.39, 0.29) is 29.1 Å². The smallest absolute Gasteiger partial charge is 0.338 e. The first-order valence-electron chi connectivity index (χ1n) is 16.5. The third-order valence-corrected chi connectivity index (χ3v) is 12.4. The number of carbonyl (C=O) groups excluding carboxylic acids is 2. The van der Waals surface area contributed by atoms with Gasteiger partial charge in [0.25, 0.3) is 0 Å². The van der Waals surface area contributed by atoms with Crippen LogP contribution in [0.3, 0.4) is 0 Å². The summed E-state index contributed by atoms with van der Waals surface area (Å²) in [5.74, 6) is 4.69. The minimum absolute atomic E-state index is 0.0571. The third-order valence-electron chi connectivity index (χ3n) is 12.1. The number of carbonyl (C=O) groups is 2. The highest BCUT2D eigenvalue weighted by Crippen LogP contribution is 2.67. The molecule has 0 aromatic heterocycles. The van der Waals surface area contributed by atoms with Crippen molar-refractivity contribution in [3.8, 4) is 0 Å². The number of thiol groups is 1. The molecule has 1 amide bonds. The van der Waals surface area contributed by atoms with Crippen LogP contribution in [0.5, 0.6) is 0 Å². The topological polar surface area (TPSA) is 55.4 Å². The van der Waals surface area contributed by atoms with Gasteiger partial charge in [0.15, 0.2) is 0 Å². The Hall–Kier alpha value is -1.75. The summed E-state index contributed by atoms with van der Waals surface area (Å²) in [6.45, 7) is 12.5. The molecule has 226 valence electrons. The number of nitrogens with one attached hydrogen (secondary N) is 1. The van der Waals surface area contributed by atoms with Crippen molar-refractivity contribution < 1.29 is 14.3 Å². The van der Waals surface area contributed by atoms with Crippen LogP contribution in [-0.4, -0.2) is 23.7 Å². The van der Waals surface area contributed by atoms with Crippen LogP contribution in [0.4, 0.5) is 5.69 Å². The van der Waals surface area contributed by atoms with E-state index in [1.54, 1.807) is 29.8 Å². The van der Waals surface area contributed by atoms with Crippen LogP contribution in [0.15, 0.2) is 35.9 Å². The number of anilines is 1. The van der Waals surface area contributed by atoms with Crippen molar-refractivity contribution in [1.82, 2.24) is 0 Å². The Morgan fingerprint density at radius 1 is 1.00 bits per heavy atom. The zero-order valence-corrected chi connectivity index (χ0v) is 27.0. The van der Waals surface area contributed by atoms with Crippen molar-refractivity contribution in [3.05, 3.63) is 41.5 Å². The Balaban J connectivity index is 1.21. The minimum Gasteiger partial charge on any atom is -0.458 e. The van der Waals surface area contributed by atoms with Gasteiger partial charge in [0.05, 0.1) is 11.3 Å². The number of ether oxygens (including phenoxy) is 1. The zero-order valence-electron chi connectivity index (χ0n) is 26.1. The maximum Gasteiger partial charge on any atom is 0.338 e. The van der Waals surface area contributed by atoms with Crippen LogP contribution in [0, 0.1) is 46.3 Å². The lowest BCUT2D eigenvalue weighted by molar-refractivity contribution is -0.113. The molecule has 5 heteroatoms. The van der Waals surface area contributed by atoms with E-state index >= 15 is 0 Å². The first-order chi connectivity index (χ1) is 19.5. The van der Waals surface area contributed by atoms with E-state index in [4.69, 9.17) is 4.74 Å². The normalized spacial score (nSPS) is 35.1. The molecule has 3 saturated carbocycles. The summed E-state index contributed by atoms with van der Waals surface area (Å²) >= 11 is 3.99. The second-order valence-corrected chi connectivity index (χ2v) is 15.2. The Kier molecular flexibility index (Phi) is 9.33. The van der Waals surface area contributed by atoms with Gasteiger partial charge in [-0.15, -0.1) is 0 Å². The van der Waals surface area contributed by atoms with Crippen LogP contribution in [0.25, 0.3) is 0 Å².